The third-order valence-corrected chi connectivity index (χ3v) is 3.73. The fourth-order valence-electron chi connectivity index (χ4n) is 2.57. The largest absolute Gasteiger partial charge is 0.350 e. The molecule has 1 aromatic carbocycles. The molecule has 1 fully saturated rings. The average Bonchev–Trinajstić information content (AvgIpc) is 3.04. The zero-order valence-corrected chi connectivity index (χ0v) is 12.3. The SMILES string of the molecule is O=Cc1ccc(F)c(C(=O)N2CC[C@@H](Nc3ncccn3)C2)c1. The Balaban J connectivity index is 1.69. The fraction of sp³-hybridized carbons (Fsp3) is 0.250. The molecule has 1 saturated heterocycles. The number of hydrogen-bond donors (Lipinski definition) is 1. The molecule has 3 rings (SSSR count). The minimum atomic E-state index is -0.622. The van der Waals surface area contributed by atoms with E-state index in [0.717, 1.165) is 12.5 Å². The number of hydrogen-bond acceptors (Lipinski definition) is 5. The van der Waals surface area contributed by atoms with Crippen molar-refractivity contribution < 1.29 is 14.0 Å². The lowest BCUT2D eigenvalue weighted by Gasteiger charge is -2.17. The van der Waals surface area contributed by atoms with E-state index in [1.165, 1.54) is 12.1 Å². The van der Waals surface area contributed by atoms with Gasteiger partial charge >= 0.3 is 0 Å². The van der Waals surface area contributed by atoms with Crippen molar-refractivity contribution in [2.75, 3.05) is 18.4 Å². The zero-order valence-electron chi connectivity index (χ0n) is 12.3. The van der Waals surface area contributed by atoms with Gasteiger partial charge in [-0.3, -0.25) is 9.59 Å². The number of aromatic nitrogens is 2. The molecule has 1 atom stereocenters. The van der Waals surface area contributed by atoms with Gasteiger partial charge in [0.25, 0.3) is 5.91 Å². The van der Waals surface area contributed by atoms with E-state index in [1.807, 2.05) is 0 Å². The number of amides is 1. The van der Waals surface area contributed by atoms with Crippen LogP contribution in [0.5, 0.6) is 0 Å². The van der Waals surface area contributed by atoms with Crippen molar-refractivity contribution in [1.29, 1.82) is 0 Å². The number of benzene rings is 1. The smallest absolute Gasteiger partial charge is 0.256 e. The molecular formula is C16H15FN4O2. The Bertz CT molecular complexity index is 723. The topological polar surface area (TPSA) is 75.2 Å². The third kappa shape index (κ3) is 3.33. The van der Waals surface area contributed by atoms with E-state index in [4.69, 9.17) is 0 Å². The van der Waals surface area contributed by atoms with Gasteiger partial charge in [-0.1, -0.05) is 0 Å². The standard InChI is InChI=1S/C16H15FN4O2/c17-14-3-2-11(10-22)8-13(14)15(23)21-7-4-12(9-21)20-16-18-5-1-6-19-16/h1-3,5-6,8,10,12H,4,7,9H2,(H,18,19,20)/t12-/m1/s1. The van der Waals surface area contributed by atoms with Crippen molar-refractivity contribution in [2.24, 2.45) is 0 Å². The Labute approximate surface area is 132 Å². The number of nitrogens with one attached hydrogen (secondary N) is 1. The first-order chi connectivity index (χ1) is 11.2. The van der Waals surface area contributed by atoms with Crippen molar-refractivity contribution in [1.82, 2.24) is 14.9 Å². The molecule has 2 aromatic rings. The van der Waals surface area contributed by atoms with Crippen LogP contribution in [0.2, 0.25) is 0 Å². The van der Waals surface area contributed by atoms with Gasteiger partial charge in [0.15, 0.2) is 0 Å². The van der Waals surface area contributed by atoms with Crippen LogP contribution < -0.4 is 5.32 Å². The van der Waals surface area contributed by atoms with Crippen LogP contribution >= 0.6 is 0 Å². The van der Waals surface area contributed by atoms with Crippen LogP contribution in [0.3, 0.4) is 0 Å². The summed E-state index contributed by atoms with van der Waals surface area (Å²) in [6.45, 7) is 0.940. The van der Waals surface area contributed by atoms with Gasteiger partial charge in [-0.2, -0.15) is 0 Å². The summed E-state index contributed by atoms with van der Waals surface area (Å²) in [6.07, 6.45) is 4.58. The van der Waals surface area contributed by atoms with E-state index in [0.29, 0.717) is 25.3 Å². The minimum Gasteiger partial charge on any atom is -0.350 e. The first-order valence-electron chi connectivity index (χ1n) is 7.25. The van der Waals surface area contributed by atoms with Gasteiger partial charge in [0.2, 0.25) is 5.95 Å². The molecule has 7 heteroatoms. The van der Waals surface area contributed by atoms with Crippen LogP contribution in [-0.4, -0.2) is 46.2 Å². The summed E-state index contributed by atoms with van der Waals surface area (Å²) in [6, 6.07) is 5.50. The molecular weight excluding hydrogens is 299 g/mol. The maximum Gasteiger partial charge on any atom is 0.256 e. The highest BCUT2D eigenvalue weighted by Gasteiger charge is 2.28. The molecule has 6 nitrogen and oxygen atoms in total. The molecule has 0 radical (unpaired) electrons. The number of nitrogens with zero attached hydrogens (tertiary/aromatic N) is 3. The van der Waals surface area contributed by atoms with Crippen molar-refractivity contribution in [3.63, 3.8) is 0 Å². The van der Waals surface area contributed by atoms with E-state index in [-0.39, 0.29) is 17.2 Å². The van der Waals surface area contributed by atoms with Gasteiger partial charge in [0, 0.05) is 37.1 Å². The second-order valence-electron chi connectivity index (χ2n) is 5.31. The van der Waals surface area contributed by atoms with E-state index >= 15 is 0 Å². The summed E-state index contributed by atoms with van der Waals surface area (Å²) in [5.74, 6) is -0.534. The molecule has 1 N–H and O–H groups in total. The summed E-state index contributed by atoms with van der Waals surface area (Å²) >= 11 is 0. The highest BCUT2D eigenvalue weighted by molar-refractivity contribution is 5.96. The highest BCUT2D eigenvalue weighted by atomic mass is 19.1. The van der Waals surface area contributed by atoms with Gasteiger partial charge in [-0.25, -0.2) is 14.4 Å². The van der Waals surface area contributed by atoms with Crippen molar-refractivity contribution in [3.8, 4) is 0 Å². The summed E-state index contributed by atoms with van der Waals surface area (Å²) in [7, 11) is 0. The van der Waals surface area contributed by atoms with Crippen LogP contribution in [0.1, 0.15) is 27.1 Å². The van der Waals surface area contributed by atoms with Gasteiger partial charge in [-0.15, -0.1) is 0 Å². The second kappa shape index (κ2) is 6.51. The van der Waals surface area contributed by atoms with Crippen molar-refractivity contribution in [3.05, 3.63) is 53.6 Å². The molecule has 1 aliphatic heterocycles. The van der Waals surface area contributed by atoms with Crippen LogP contribution in [-0.2, 0) is 0 Å². The van der Waals surface area contributed by atoms with E-state index in [9.17, 15) is 14.0 Å². The number of halogens is 1. The van der Waals surface area contributed by atoms with Gasteiger partial charge in [0.05, 0.1) is 5.56 Å². The van der Waals surface area contributed by atoms with Gasteiger partial charge in [-0.05, 0) is 30.7 Å². The first-order valence-corrected chi connectivity index (χ1v) is 7.25. The highest BCUT2D eigenvalue weighted by Crippen LogP contribution is 2.18. The van der Waals surface area contributed by atoms with Crippen molar-refractivity contribution >= 4 is 18.1 Å². The van der Waals surface area contributed by atoms with E-state index in [2.05, 4.69) is 15.3 Å². The average molecular weight is 314 g/mol. The maximum atomic E-state index is 13.9. The number of rotatable bonds is 4. The minimum absolute atomic E-state index is 0.0127. The zero-order chi connectivity index (χ0) is 16.2. The monoisotopic (exact) mass is 314 g/mol. The maximum absolute atomic E-state index is 13.9. The van der Waals surface area contributed by atoms with Crippen LogP contribution in [0, 0.1) is 5.82 Å². The van der Waals surface area contributed by atoms with Crippen LogP contribution in [0.25, 0.3) is 0 Å². The molecule has 0 bridgehead atoms. The van der Waals surface area contributed by atoms with Crippen LogP contribution in [0.4, 0.5) is 10.3 Å². The summed E-state index contributed by atoms with van der Waals surface area (Å²) in [5.41, 5.74) is 0.201. The Kier molecular flexibility index (Phi) is 4.27. The molecule has 118 valence electrons. The molecule has 0 aliphatic carbocycles. The first kappa shape index (κ1) is 15.1. The Morgan fingerprint density at radius 3 is 2.87 bits per heavy atom. The molecule has 1 aromatic heterocycles. The van der Waals surface area contributed by atoms with Crippen LogP contribution in [0.15, 0.2) is 36.7 Å². The lowest BCUT2D eigenvalue weighted by Crippen LogP contribution is -2.32. The number of carbonyl (C=O) groups is 2. The summed E-state index contributed by atoms with van der Waals surface area (Å²) in [4.78, 5) is 33.0. The number of anilines is 1. The summed E-state index contributed by atoms with van der Waals surface area (Å²) < 4.78 is 13.9. The molecule has 0 saturated carbocycles. The fourth-order valence-corrected chi connectivity index (χ4v) is 2.57. The number of carbonyl (C=O) groups excluding carboxylic acids is 2. The Hall–Kier alpha value is -2.83. The molecule has 1 amide bonds. The predicted octanol–water partition coefficient (Wildman–Crippen LogP) is 1.75. The number of aldehydes is 1. The predicted molar refractivity (Wildman–Crippen MR) is 81.8 cm³/mol. The molecule has 23 heavy (non-hydrogen) atoms. The quantitative estimate of drug-likeness (QED) is 0.870. The lowest BCUT2D eigenvalue weighted by atomic mass is 10.1. The molecule has 1 aliphatic rings. The Morgan fingerprint density at radius 1 is 1.35 bits per heavy atom. The molecule has 2 heterocycles. The van der Waals surface area contributed by atoms with Gasteiger partial charge in [0.1, 0.15) is 12.1 Å². The van der Waals surface area contributed by atoms with Gasteiger partial charge < -0.3 is 10.2 Å². The summed E-state index contributed by atoms with van der Waals surface area (Å²) in [5, 5.41) is 3.15. The normalized spacial score (nSPS) is 17.1. The number of likely N-dealkylation sites (tertiary alicyclic amines) is 1. The Morgan fingerprint density at radius 2 is 2.13 bits per heavy atom. The van der Waals surface area contributed by atoms with Crippen molar-refractivity contribution in [2.45, 2.75) is 12.5 Å². The second-order valence-corrected chi connectivity index (χ2v) is 5.31. The molecule has 0 unspecified atom stereocenters. The lowest BCUT2D eigenvalue weighted by molar-refractivity contribution is 0.0787. The van der Waals surface area contributed by atoms with E-state index in [1.54, 1.807) is 23.4 Å². The molecule has 0 spiro atoms. The third-order valence-electron chi connectivity index (χ3n) is 3.73. The van der Waals surface area contributed by atoms with E-state index < -0.39 is 11.7 Å².